The van der Waals surface area contributed by atoms with Crippen molar-refractivity contribution < 1.29 is 9.90 Å². The molecular weight excluding hydrogens is 266 g/mol. The van der Waals surface area contributed by atoms with Gasteiger partial charge in [-0.15, -0.1) is 22.7 Å². The zero-order valence-electron chi connectivity index (χ0n) is 9.83. The molecule has 0 aliphatic carbocycles. The van der Waals surface area contributed by atoms with Crippen molar-refractivity contribution in [3.05, 3.63) is 44.8 Å². The topological polar surface area (TPSA) is 49.3 Å². The van der Waals surface area contributed by atoms with Gasteiger partial charge in [-0.1, -0.05) is 12.1 Å². The fraction of sp³-hybridized carbons (Fsp3) is 0.308. The lowest BCUT2D eigenvalue weighted by atomic mass is 10.2. The number of hydrogen-bond acceptors (Lipinski definition) is 4. The molecule has 2 aromatic rings. The summed E-state index contributed by atoms with van der Waals surface area (Å²) in [6.07, 6.45) is 0.872. The highest BCUT2D eigenvalue weighted by atomic mass is 32.1. The third-order valence-corrected chi connectivity index (χ3v) is 4.45. The van der Waals surface area contributed by atoms with Gasteiger partial charge in [0.1, 0.15) is 0 Å². The van der Waals surface area contributed by atoms with Gasteiger partial charge in [-0.05, 0) is 35.9 Å². The predicted octanol–water partition coefficient (Wildman–Crippen LogP) is 3.35. The summed E-state index contributed by atoms with van der Waals surface area (Å²) in [5.41, 5.74) is 0. The Bertz CT molecular complexity index is 431. The van der Waals surface area contributed by atoms with E-state index in [1.165, 1.54) is 9.75 Å². The van der Waals surface area contributed by atoms with Gasteiger partial charge in [0.05, 0.1) is 6.04 Å². The van der Waals surface area contributed by atoms with Crippen molar-refractivity contribution in [1.29, 1.82) is 0 Å². The minimum absolute atomic E-state index is 0.193. The number of carbonyl (C=O) groups is 1. The second-order valence-electron chi connectivity index (χ2n) is 3.92. The molecule has 2 heterocycles. The van der Waals surface area contributed by atoms with Crippen LogP contribution in [0, 0.1) is 0 Å². The fourth-order valence-electron chi connectivity index (χ4n) is 1.74. The molecule has 0 saturated heterocycles. The molecule has 0 bridgehead atoms. The number of carboxylic acid groups (broad SMARTS) is 1. The first-order valence-electron chi connectivity index (χ1n) is 5.79. The van der Waals surface area contributed by atoms with Crippen LogP contribution in [0.4, 0.5) is 0 Å². The minimum atomic E-state index is -0.736. The van der Waals surface area contributed by atoms with Crippen molar-refractivity contribution >= 4 is 28.6 Å². The van der Waals surface area contributed by atoms with E-state index >= 15 is 0 Å². The van der Waals surface area contributed by atoms with Crippen molar-refractivity contribution in [2.75, 3.05) is 6.54 Å². The second-order valence-corrected chi connectivity index (χ2v) is 5.87. The highest BCUT2D eigenvalue weighted by Gasteiger charge is 2.15. The molecular formula is C13H15NO2S2. The summed E-state index contributed by atoms with van der Waals surface area (Å²) in [5, 5.41) is 16.2. The van der Waals surface area contributed by atoms with Gasteiger partial charge in [0.2, 0.25) is 0 Å². The highest BCUT2D eigenvalue weighted by Crippen LogP contribution is 2.28. The van der Waals surface area contributed by atoms with E-state index in [1.54, 1.807) is 22.7 Å². The molecule has 3 nitrogen and oxygen atoms in total. The van der Waals surface area contributed by atoms with Gasteiger partial charge in [-0.25, -0.2) is 0 Å². The van der Waals surface area contributed by atoms with Gasteiger partial charge in [0, 0.05) is 16.2 Å². The highest BCUT2D eigenvalue weighted by molar-refractivity contribution is 7.11. The molecule has 18 heavy (non-hydrogen) atoms. The summed E-state index contributed by atoms with van der Waals surface area (Å²) in [5.74, 6) is -0.736. The molecule has 0 unspecified atom stereocenters. The molecule has 5 heteroatoms. The summed E-state index contributed by atoms with van der Waals surface area (Å²) in [6, 6.07) is 8.50. The van der Waals surface area contributed by atoms with Crippen molar-refractivity contribution in [2.45, 2.75) is 18.9 Å². The summed E-state index contributed by atoms with van der Waals surface area (Å²) >= 11 is 3.44. The van der Waals surface area contributed by atoms with E-state index in [9.17, 15) is 4.79 Å². The molecule has 2 N–H and O–H groups in total. The van der Waals surface area contributed by atoms with E-state index in [0.717, 1.165) is 0 Å². The Morgan fingerprint density at radius 2 is 1.83 bits per heavy atom. The number of nitrogens with one attached hydrogen (secondary N) is 1. The molecule has 0 fully saturated rings. The van der Waals surface area contributed by atoms with Crippen LogP contribution in [0.1, 0.15) is 28.6 Å². The summed E-state index contributed by atoms with van der Waals surface area (Å²) in [6.45, 7) is 0.715. The monoisotopic (exact) mass is 281 g/mol. The molecule has 0 aliphatic heterocycles. The third kappa shape index (κ3) is 3.66. The lowest BCUT2D eigenvalue weighted by molar-refractivity contribution is -0.137. The normalized spacial score (nSPS) is 10.9. The molecule has 0 atom stereocenters. The van der Waals surface area contributed by atoms with Crippen molar-refractivity contribution in [3.8, 4) is 0 Å². The molecule has 0 aliphatic rings. The standard InChI is InChI=1S/C13H15NO2S2/c15-12(16)6-1-7-14-13(10-4-2-8-17-10)11-5-3-9-18-11/h2-5,8-9,13-14H,1,6-7H2,(H,15,16). The summed E-state index contributed by atoms with van der Waals surface area (Å²) in [4.78, 5) is 13.0. The van der Waals surface area contributed by atoms with Crippen LogP contribution < -0.4 is 5.32 Å². The molecule has 2 aromatic heterocycles. The van der Waals surface area contributed by atoms with Gasteiger partial charge in [-0.3, -0.25) is 4.79 Å². The molecule has 0 saturated carbocycles. The van der Waals surface area contributed by atoms with Gasteiger partial charge in [0.15, 0.2) is 0 Å². The quantitative estimate of drug-likeness (QED) is 0.765. The number of carboxylic acids is 1. The lowest BCUT2D eigenvalue weighted by Crippen LogP contribution is -2.22. The first-order valence-corrected chi connectivity index (χ1v) is 7.55. The summed E-state index contributed by atoms with van der Waals surface area (Å²) in [7, 11) is 0. The Balaban J connectivity index is 1.96. The van der Waals surface area contributed by atoms with Crippen LogP contribution >= 0.6 is 22.7 Å². The van der Waals surface area contributed by atoms with Crippen molar-refractivity contribution in [1.82, 2.24) is 5.32 Å². The molecule has 96 valence electrons. The zero-order valence-corrected chi connectivity index (χ0v) is 11.5. The maximum absolute atomic E-state index is 10.5. The maximum atomic E-state index is 10.5. The van der Waals surface area contributed by atoms with Crippen LogP contribution in [0.3, 0.4) is 0 Å². The van der Waals surface area contributed by atoms with Gasteiger partial charge in [-0.2, -0.15) is 0 Å². The largest absolute Gasteiger partial charge is 0.481 e. The van der Waals surface area contributed by atoms with Crippen LogP contribution in [0.25, 0.3) is 0 Å². The van der Waals surface area contributed by atoms with Crippen LogP contribution in [-0.2, 0) is 4.79 Å². The Kier molecular flexibility index (Phi) is 4.92. The Labute approximate surface area is 114 Å². The number of rotatable bonds is 7. The second kappa shape index (κ2) is 6.68. The Morgan fingerprint density at radius 1 is 1.22 bits per heavy atom. The van der Waals surface area contributed by atoms with E-state index in [4.69, 9.17) is 5.11 Å². The van der Waals surface area contributed by atoms with Gasteiger partial charge in [0.25, 0.3) is 0 Å². The van der Waals surface area contributed by atoms with Crippen LogP contribution in [0.2, 0.25) is 0 Å². The maximum Gasteiger partial charge on any atom is 0.303 e. The molecule has 0 radical (unpaired) electrons. The number of aliphatic carboxylic acids is 1. The first kappa shape index (κ1) is 13.3. The van der Waals surface area contributed by atoms with Gasteiger partial charge >= 0.3 is 5.97 Å². The molecule has 2 rings (SSSR count). The smallest absolute Gasteiger partial charge is 0.303 e. The Morgan fingerprint density at radius 3 is 2.28 bits per heavy atom. The van der Waals surface area contributed by atoms with Gasteiger partial charge < -0.3 is 10.4 Å². The van der Waals surface area contributed by atoms with Crippen molar-refractivity contribution in [2.24, 2.45) is 0 Å². The SMILES string of the molecule is O=C(O)CCCNC(c1cccs1)c1cccs1. The first-order chi connectivity index (χ1) is 8.77. The van der Waals surface area contributed by atoms with E-state index in [-0.39, 0.29) is 12.5 Å². The van der Waals surface area contributed by atoms with E-state index < -0.39 is 5.97 Å². The van der Waals surface area contributed by atoms with Crippen LogP contribution in [-0.4, -0.2) is 17.6 Å². The third-order valence-electron chi connectivity index (χ3n) is 2.57. The lowest BCUT2D eigenvalue weighted by Gasteiger charge is -2.15. The zero-order chi connectivity index (χ0) is 12.8. The number of thiophene rings is 2. The van der Waals surface area contributed by atoms with E-state index in [0.29, 0.717) is 13.0 Å². The Hall–Kier alpha value is -1.17. The van der Waals surface area contributed by atoms with Crippen LogP contribution in [0.15, 0.2) is 35.0 Å². The van der Waals surface area contributed by atoms with E-state index in [1.807, 2.05) is 12.1 Å². The molecule has 0 spiro atoms. The predicted molar refractivity (Wildman–Crippen MR) is 75.4 cm³/mol. The average molecular weight is 281 g/mol. The molecule has 0 aromatic carbocycles. The minimum Gasteiger partial charge on any atom is -0.481 e. The average Bonchev–Trinajstić information content (AvgIpc) is 3.01. The van der Waals surface area contributed by atoms with E-state index in [2.05, 4.69) is 28.2 Å². The fourth-order valence-corrected chi connectivity index (χ4v) is 3.45. The van der Waals surface area contributed by atoms with Crippen LogP contribution in [0.5, 0.6) is 0 Å². The van der Waals surface area contributed by atoms with Crippen molar-refractivity contribution in [3.63, 3.8) is 0 Å². The summed E-state index contributed by atoms with van der Waals surface area (Å²) < 4.78 is 0. The number of hydrogen-bond donors (Lipinski definition) is 2. The molecule has 0 amide bonds.